The highest BCUT2D eigenvalue weighted by molar-refractivity contribution is 5.92. The van der Waals surface area contributed by atoms with Gasteiger partial charge >= 0.3 is 12.1 Å². The number of hydrogen-bond acceptors (Lipinski definition) is 6. The third-order valence-corrected chi connectivity index (χ3v) is 4.23. The molecule has 1 aromatic carbocycles. The van der Waals surface area contributed by atoms with Crippen LogP contribution in [-0.2, 0) is 20.8 Å². The molecule has 1 saturated heterocycles. The van der Waals surface area contributed by atoms with Crippen molar-refractivity contribution in [2.24, 2.45) is 0 Å². The predicted octanol–water partition coefficient (Wildman–Crippen LogP) is 3.09. The van der Waals surface area contributed by atoms with Gasteiger partial charge in [0.25, 0.3) is 0 Å². The third-order valence-electron chi connectivity index (χ3n) is 4.23. The summed E-state index contributed by atoms with van der Waals surface area (Å²) in [6.07, 6.45) is 1.37. The van der Waals surface area contributed by atoms with E-state index >= 15 is 0 Å². The van der Waals surface area contributed by atoms with E-state index in [2.05, 4.69) is 4.98 Å². The molecule has 1 aromatic heterocycles. The Morgan fingerprint density at radius 3 is 2.85 bits per heavy atom. The number of nitrogens with two attached hydrogens (primary N) is 1. The van der Waals surface area contributed by atoms with Gasteiger partial charge in [-0.1, -0.05) is 0 Å². The lowest BCUT2D eigenvalue weighted by atomic mass is 10.2. The first-order valence-corrected chi connectivity index (χ1v) is 9.16. The second-order valence-electron chi connectivity index (χ2n) is 7.60. The topological polar surface area (TPSA) is 99.7 Å². The van der Waals surface area contributed by atoms with Crippen molar-refractivity contribution in [1.29, 1.82) is 0 Å². The molecule has 0 atom stereocenters. The lowest BCUT2D eigenvalue weighted by Crippen LogP contribution is -2.37. The maximum atomic E-state index is 11.9. The van der Waals surface area contributed by atoms with Crippen LogP contribution < -0.4 is 10.6 Å². The maximum Gasteiger partial charge on any atom is 0.414 e. The Hall–Kier alpha value is -2.77. The summed E-state index contributed by atoms with van der Waals surface area (Å²) in [4.78, 5) is 29.8. The van der Waals surface area contributed by atoms with Crippen molar-refractivity contribution in [2.45, 2.75) is 52.2 Å². The standard InChI is InChI=1S/C19H26N4O4/c1-19(2,3)27-16(24)6-4-9-23-15-8-7-13(12-14(15)21-17(23)20)22-10-5-11-26-18(22)25/h7-8,12H,4-6,9-11H2,1-3H3,(H2,20,21). The van der Waals surface area contributed by atoms with E-state index in [0.29, 0.717) is 44.0 Å². The minimum atomic E-state index is -0.482. The lowest BCUT2D eigenvalue weighted by Gasteiger charge is -2.26. The van der Waals surface area contributed by atoms with Gasteiger partial charge in [-0.15, -0.1) is 0 Å². The van der Waals surface area contributed by atoms with Crippen LogP contribution in [0.15, 0.2) is 18.2 Å². The minimum Gasteiger partial charge on any atom is -0.460 e. The highest BCUT2D eigenvalue weighted by Gasteiger charge is 2.22. The van der Waals surface area contributed by atoms with E-state index in [1.54, 1.807) is 4.90 Å². The molecule has 0 saturated carbocycles. The summed E-state index contributed by atoms with van der Waals surface area (Å²) < 4.78 is 12.3. The summed E-state index contributed by atoms with van der Waals surface area (Å²) in [5.41, 5.74) is 7.89. The van der Waals surface area contributed by atoms with Crippen LogP contribution in [0.3, 0.4) is 0 Å². The van der Waals surface area contributed by atoms with Gasteiger partial charge in [-0.05, 0) is 51.8 Å². The van der Waals surface area contributed by atoms with Crippen LogP contribution in [0.4, 0.5) is 16.4 Å². The smallest absolute Gasteiger partial charge is 0.414 e. The van der Waals surface area contributed by atoms with E-state index in [1.165, 1.54) is 0 Å². The molecule has 0 spiro atoms. The molecule has 2 N–H and O–H groups in total. The van der Waals surface area contributed by atoms with Crippen LogP contribution in [-0.4, -0.2) is 40.4 Å². The van der Waals surface area contributed by atoms with Crippen LogP contribution >= 0.6 is 0 Å². The summed E-state index contributed by atoms with van der Waals surface area (Å²) in [6.45, 7) is 7.19. The van der Waals surface area contributed by atoms with Crippen molar-refractivity contribution >= 4 is 34.7 Å². The first-order valence-electron chi connectivity index (χ1n) is 9.16. The fourth-order valence-electron chi connectivity index (χ4n) is 3.10. The number of anilines is 2. The molecule has 8 nitrogen and oxygen atoms in total. The molecular weight excluding hydrogens is 348 g/mol. The van der Waals surface area contributed by atoms with Gasteiger partial charge in [-0.25, -0.2) is 9.78 Å². The molecule has 27 heavy (non-hydrogen) atoms. The SMILES string of the molecule is CC(C)(C)OC(=O)CCCn1c(N)nc2cc(N3CCCOC3=O)ccc21. The number of imidazole rings is 1. The monoisotopic (exact) mass is 374 g/mol. The molecule has 1 aliphatic rings. The van der Waals surface area contributed by atoms with Gasteiger partial charge in [0.05, 0.1) is 17.6 Å². The van der Waals surface area contributed by atoms with Gasteiger partial charge in [-0.3, -0.25) is 9.69 Å². The van der Waals surface area contributed by atoms with E-state index in [4.69, 9.17) is 15.2 Å². The second-order valence-corrected chi connectivity index (χ2v) is 7.60. The van der Waals surface area contributed by atoms with Gasteiger partial charge < -0.3 is 19.8 Å². The van der Waals surface area contributed by atoms with Gasteiger partial charge in [0.15, 0.2) is 0 Å². The summed E-state index contributed by atoms with van der Waals surface area (Å²) >= 11 is 0. The molecule has 3 rings (SSSR count). The van der Waals surface area contributed by atoms with Crippen LogP contribution in [0, 0.1) is 0 Å². The molecule has 0 bridgehead atoms. The van der Waals surface area contributed by atoms with Gasteiger partial charge in [-0.2, -0.15) is 0 Å². The first-order chi connectivity index (χ1) is 12.7. The van der Waals surface area contributed by atoms with Crippen molar-refractivity contribution in [3.63, 3.8) is 0 Å². The van der Waals surface area contributed by atoms with Crippen molar-refractivity contribution in [1.82, 2.24) is 9.55 Å². The average Bonchev–Trinajstić information content (AvgIpc) is 2.88. The van der Waals surface area contributed by atoms with Crippen molar-refractivity contribution in [3.8, 4) is 0 Å². The number of aromatic nitrogens is 2. The molecule has 0 radical (unpaired) electrons. The Morgan fingerprint density at radius 2 is 2.15 bits per heavy atom. The minimum absolute atomic E-state index is 0.226. The highest BCUT2D eigenvalue weighted by atomic mass is 16.6. The number of hydrogen-bond donors (Lipinski definition) is 1. The van der Waals surface area contributed by atoms with Crippen LogP contribution in [0.1, 0.15) is 40.0 Å². The van der Waals surface area contributed by atoms with E-state index < -0.39 is 5.60 Å². The number of cyclic esters (lactones) is 1. The summed E-state index contributed by atoms with van der Waals surface area (Å²) in [5, 5.41) is 0. The van der Waals surface area contributed by atoms with E-state index in [-0.39, 0.29) is 12.1 Å². The Labute approximate surface area is 158 Å². The number of esters is 1. The number of carbonyl (C=O) groups is 2. The number of rotatable bonds is 5. The molecule has 2 aromatic rings. The van der Waals surface area contributed by atoms with Crippen LogP contribution in [0.2, 0.25) is 0 Å². The van der Waals surface area contributed by atoms with Gasteiger partial charge in [0.1, 0.15) is 5.60 Å². The number of nitrogen functional groups attached to an aromatic ring is 1. The predicted molar refractivity (Wildman–Crippen MR) is 103 cm³/mol. The Kier molecular flexibility index (Phi) is 5.25. The summed E-state index contributed by atoms with van der Waals surface area (Å²) in [7, 11) is 0. The molecule has 1 fully saturated rings. The highest BCUT2D eigenvalue weighted by Crippen LogP contribution is 2.26. The van der Waals surface area contributed by atoms with Gasteiger partial charge in [0, 0.05) is 25.2 Å². The first kappa shape index (κ1) is 19.0. The Morgan fingerprint density at radius 1 is 1.37 bits per heavy atom. The Bertz CT molecular complexity index is 853. The zero-order valence-corrected chi connectivity index (χ0v) is 16.0. The van der Waals surface area contributed by atoms with Crippen molar-refractivity contribution in [3.05, 3.63) is 18.2 Å². The van der Waals surface area contributed by atoms with Crippen molar-refractivity contribution in [2.75, 3.05) is 23.8 Å². The molecule has 0 aliphatic carbocycles. The average molecular weight is 374 g/mol. The van der Waals surface area contributed by atoms with E-state index in [0.717, 1.165) is 17.6 Å². The van der Waals surface area contributed by atoms with E-state index in [9.17, 15) is 9.59 Å². The number of carbonyl (C=O) groups excluding carboxylic acids is 2. The quantitative estimate of drug-likeness (QED) is 0.807. The fraction of sp³-hybridized carbons (Fsp3) is 0.526. The maximum absolute atomic E-state index is 11.9. The van der Waals surface area contributed by atoms with Crippen molar-refractivity contribution < 1.29 is 19.1 Å². The molecule has 1 aliphatic heterocycles. The lowest BCUT2D eigenvalue weighted by molar-refractivity contribution is -0.154. The largest absolute Gasteiger partial charge is 0.460 e. The fourth-order valence-corrected chi connectivity index (χ4v) is 3.10. The second kappa shape index (κ2) is 7.46. The molecular formula is C19H26N4O4. The number of amides is 1. The van der Waals surface area contributed by atoms with Crippen LogP contribution in [0.25, 0.3) is 11.0 Å². The number of aryl methyl sites for hydroxylation is 1. The zero-order valence-electron chi connectivity index (χ0n) is 16.0. The summed E-state index contributed by atoms with van der Waals surface area (Å²) in [6, 6.07) is 5.59. The zero-order chi connectivity index (χ0) is 19.6. The number of benzene rings is 1. The number of ether oxygens (including phenoxy) is 2. The number of fused-ring (bicyclic) bond motifs is 1. The molecule has 8 heteroatoms. The molecule has 0 unspecified atom stereocenters. The van der Waals surface area contributed by atoms with Crippen LogP contribution in [0.5, 0.6) is 0 Å². The Balaban J connectivity index is 1.70. The molecule has 146 valence electrons. The number of nitrogens with zero attached hydrogens (tertiary/aromatic N) is 3. The molecule has 2 heterocycles. The van der Waals surface area contributed by atoms with E-state index in [1.807, 2.05) is 43.5 Å². The normalized spacial score (nSPS) is 15.1. The van der Waals surface area contributed by atoms with Gasteiger partial charge in [0.2, 0.25) is 5.95 Å². The summed E-state index contributed by atoms with van der Waals surface area (Å²) in [5.74, 6) is 0.156. The molecule has 1 amide bonds. The third kappa shape index (κ3) is 4.50.